The summed E-state index contributed by atoms with van der Waals surface area (Å²) in [6.45, 7) is 2.57. The molecule has 1 fully saturated rings. The summed E-state index contributed by atoms with van der Waals surface area (Å²) < 4.78 is 1.78. The Morgan fingerprint density at radius 2 is 2.24 bits per heavy atom. The van der Waals surface area contributed by atoms with Crippen LogP contribution in [-0.4, -0.2) is 32.1 Å². The van der Waals surface area contributed by atoms with Crippen molar-refractivity contribution >= 4 is 46.0 Å². The highest BCUT2D eigenvalue weighted by atomic mass is 35.5. The zero-order valence-corrected chi connectivity index (χ0v) is 14.2. The van der Waals surface area contributed by atoms with Crippen molar-refractivity contribution in [3.05, 3.63) is 40.4 Å². The monoisotopic (exact) mass is 340 g/mol. The lowest BCUT2D eigenvalue weighted by atomic mass is 10.2. The number of hydrogen-bond acceptors (Lipinski definition) is 4. The zero-order chi connectivity index (χ0) is 14.8. The fraction of sp³-hybridized carbons (Fsp3) is 0.467. The minimum atomic E-state index is -0.274. The third-order valence-corrected chi connectivity index (χ3v) is 6.54. The van der Waals surface area contributed by atoms with E-state index in [0.29, 0.717) is 23.0 Å². The minimum Gasteiger partial charge on any atom is -0.294 e. The first-order chi connectivity index (χ1) is 10.2. The molecule has 1 aromatic heterocycles. The van der Waals surface area contributed by atoms with E-state index >= 15 is 0 Å². The van der Waals surface area contributed by atoms with Gasteiger partial charge in [-0.1, -0.05) is 12.1 Å². The summed E-state index contributed by atoms with van der Waals surface area (Å²) in [4.78, 5) is 17.4. The van der Waals surface area contributed by atoms with Gasteiger partial charge < -0.3 is 0 Å². The van der Waals surface area contributed by atoms with Gasteiger partial charge in [-0.3, -0.25) is 9.36 Å². The number of thioether (sulfide) groups is 2. The number of halogens is 1. The van der Waals surface area contributed by atoms with Crippen LogP contribution in [0.1, 0.15) is 18.1 Å². The molecule has 0 aliphatic carbocycles. The Bertz CT molecular complexity index is 696. The van der Waals surface area contributed by atoms with Gasteiger partial charge in [-0.25, -0.2) is 4.98 Å². The lowest BCUT2D eigenvalue weighted by molar-refractivity contribution is 0.616. The molecule has 1 saturated heterocycles. The van der Waals surface area contributed by atoms with Gasteiger partial charge in [0.1, 0.15) is 5.82 Å². The van der Waals surface area contributed by atoms with Crippen LogP contribution in [0.5, 0.6) is 0 Å². The molecular formula is C15H17ClN2OS2. The summed E-state index contributed by atoms with van der Waals surface area (Å²) in [6, 6.07) is 7.49. The molecule has 0 amide bonds. The maximum absolute atomic E-state index is 12.8. The molecular weight excluding hydrogens is 324 g/mol. The van der Waals surface area contributed by atoms with Gasteiger partial charge >= 0.3 is 0 Å². The van der Waals surface area contributed by atoms with Crippen molar-refractivity contribution in [1.29, 1.82) is 0 Å². The third kappa shape index (κ3) is 3.25. The number of hydrogen-bond donors (Lipinski definition) is 0. The van der Waals surface area contributed by atoms with E-state index in [1.54, 1.807) is 4.57 Å². The normalized spacial score (nSPS) is 20.6. The molecule has 21 heavy (non-hydrogen) atoms. The van der Waals surface area contributed by atoms with Crippen LogP contribution in [0.2, 0.25) is 0 Å². The second-order valence-corrected chi connectivity index (χ2v) is 8.30. The van der Waals surface area contributed by atoms with Crippen LogP contribution in [0, 0.1) is 0 Å². The standard InChI is InChI=1S/C15H17ClN2OS2/c1-10(16)14-17-13-5-3-2-4-12(13)15(19)18(14)8-11-9-20-6-7-21-11/h2-5,10-11H,6-9H2,1H3. The number of rotatable bonds is 3. The average molecular weight is 341 g/mol. The van der Waals surface area contributed by atoms with Crippen LogP contribution >= 0.6 is 35.1 Å². The maximum Gasteiger partial charge on any atom is 0.261 e. The molecule has 0 N–H and O–H groups in total. The zero-order valence-electron chi connectivity index (χ0n) is 11.8. The first kappa shape index (κ1) is 15.3. The lowest BCUT2D eigenvalue weighted by Crippen LogP contribution is -2.31. The molecule has 1 aliphatic heterocycles. The van der Waals surface area contributed by atoms with Crippen molar-refractivity contribution < 1.29 is 0 Å². The van der Waals surface area contributed by atoms with Crippen molar-refractivity contribution in [3.8, 4) is 0 Å². The quantitative estimate of drug-likeness (QED) is 0.800. The topological polar surface area (TPSA) is 34.9 Å². The molecule has 6 heteroatoms. The summed E-state index contributed by atoms with van der Waals surface area (Å²) in [7, 11) is 0. The molecule has 0 bridgehead atoms. The number of aromatic nitrogens is 2. The molecule has 3 nitrogen and oxygen atoms in total. The molecule has 3 rings (SSSR count). The Labute approximate surface area is 137 Å². The van der Waals surface area contributed by atoms with Crippen LogP contribution in [0.4, 0.5) is 0 Å². The summed E-state index contributed by atoms with van der Waals surface area (Å²) in [5.74, 6) is 4.11. The molecule has 2 atom stereocenters. The highest BCUT2D eigenvalue weighted by Gasteiger charge is 2.20. The van der Waals surface area contributed by atoms with Crippen molar-refractivity contribution in [1.82, 2.24) is 9.55 Å². The van der Waals surface area contributed by atoms with E-state index in [-0.39, 0.29) is 10.9 Å². The molecule has 112 valence electrons. The van der Waals surface area contributed by atoms with Gasteiger partial charge in [-0.05, 0) is 19.1 Å². The Hall–Kier alpha value is -0.650. The molecule has 2 unspecified atom stereocenters. The predicted molar refractivity (Wildman–Crippen MR) is 93.8 cm³/mol. The second-order valence-electron chi connectivity index (χ2n) is 5.09. The Morgan fingerprint density at radius 3 is 2.95 bits per heavy atom. The molecule has 2 heterocycles. The highest BCUT2D eigenvalue weighted by molar-refractivity contribution is 8.06. The maximum atomic E-state index is 12.8. The van der Waals surface area contributed by atoms with Crippen molar-refractivity contribution in [2.75, 3.05) is 17.3 Å². The van der Waals surface area contributed by atoms with Gasteiger partial charge in [0, 0.05) is 29.1 Å². The van der Waals surface area contributed by atoms with E-state index in [2.05, 4.69) is 4.98 Å². The Kier molecular flexibility index (Phi) is 4.82. The fourth-order valence-corrected chi connectivity index (χ4v) is 5.33. The number of benzene rings is 1. The van der Waals surface area contributed by atoms with E-state index < -0.39 is 0 Å². The predicted octanol–water partition coefficient (Wildman–Crippen LogP) is 3.54. The van der Waals surface area contributed by atoms with Crippen LogP contribution < -0.4 is 5.56 Å². The van der Waals surface area contributed by atoms with Gasteiger partial charge in [0.05, 0.1) is 16.3 Å². The van der Waals surface area contributed by atoms with Crippen LogP contribution in [0.15, 0.2) is 29.1 Å². The fourth-order valence-electron chi connectivity index (χ4n) is 2.51. The minimum absolute atomic E-state index is 0.0271. The Balaban J connectivity index is 2.07. The van der Waals surface area contributed by atoms with Gasteiger partial charge in [0.2, 0.25) is 0 Å². The van der Waals surface area contributed by atoms with Crippen LogP contribution in [-0.2, 0) is 6.54 Å². The smallest absolute Gasteiger partial charge is 0.261 e. The third-order valence-electron chi connectivity index (χ3n) is 3.52. The van der Waals surface area contributed by atoms with Crippen LogP contribution in [0.25, 0.3) is 10.9 Å². The van der Waals surface area contributed by atoms with E-state index in [9.17, 15) is 4.79 Å². The van der Waals surface area contributed by atoms with Gasteiger partial charge in [0.25, 0.3) is 5.56 Å². The van der Waals surface area contributed by atoms with E-state index in [1.807, 2.05) is 54.7 Å². The van der Waals surface area contributed by atoms with Crippen molar-refractivity contribution in [2.45, 2.75) is 24.1 Å². The number of para-hydroxylation sites is 1. The largest absolute Gasteiger partial charge is 0.294 e. The first-order valence-electron chi connectivity index (χ1n) is 6.99. The molecule has 0 saturated carbocycles. The molecule has 0 spiro atoms. The molecule has 1 aromatic carbocycles. The van der Waals surface area contributed by atoms with Crippen LogP contribution in [0.3, 0.4) is 0 Å². The van der Waals surface area contributed by atoms with E-state index in [1.165, 1.54) is 5.75 Å². The van der Waals surface area contributed by atoms with E-state index in [0.717, 1.165) is 17.0 Å². The van der Waals surface area contributed by atoms with E-state index in [4.69, 9.17) is 11.6 Å². The summed E-state index contributed by atoms with van der Waals surface area (Å²) in [6.07, 6.45) is 0. The lowest BCUT2D eigenvalue weighted by Gasteiger charge is -2.23. The SMILES string of the molecule is CC(Cl)c1nc2ccccc2c(=O)n1CC1CSCCS1. The van der Waals surface area contributed by atoms with Gasteiger partial charge in [-0.15, -0.1) is 11.6 Å². The van der Waals surface area contributed by atoms with Gasteiger partial charge in [0.15, 0.2) is 0 Å². The number of nitrogens with zero attached hydrogens (tertiary/aromatic N) is 2. The highest BCUT2D eigenvalue weighted by Crippen LogP contribution is 2.26. The molecule has 2 aromatic rings. The number of alkyl halides is 1. The summed E-state index contributed by atoms with van der Waals surface area (Å²) in [5.41, 5.74) is 0.756. The molecule has 1 aliphatic rings. The van der Waals surface area contributed by atoms with Crippen molar-refractivity contribution in [3.63, 3.8) is 0 Å². The number of fused-ring (bicyclic) bond motifs is 1. The first-order valence-corrected chi connectivity index (χ1v) is 9.63. The average Bonchev–Trinajstić information content (AvgIpc) is 2.51. The second kappa shape index (κ2) is 6.63. The molecule has 0 radical (unpaired) electrons. The van der Waals surface area contributed by atoms with Gasteiger partial charge in [-0.2, -0.15) is 23.5 Å². The Morgan fingerprint density at radius 1 is 1.43 bits per heavy atom. The summed E-state index contributed by atoms with van der Waals surface area (Å²) in [5, 5.41) is 0.856. The summed E-state index contributed by atoms with van der Waals surface area (Å²) >= 11 is 10.2. The van der Waals surface area contributed by atoms with Crippen molar-refractivity contribution in [2.24, 2.45) is 0 Å².